The van der Waals surface area contributed by atoms with E-state index in [-0.39, 0.29) is 24.3 Å². The van der Waals surface area contributed by atoms with E-state index in [0.29, 0.717) is 23.6 Å². The molecule has 1 atom stereocenters. The Balaban J connectivity index is 1.71. The standard InChI is InChI=1S/C19H20N2O4/c1-24-16-9-8-15(11-17(16)25-2)21-12-14(10-18(21)22)20-19(23)13-6-4-3-5-7-13/h3-9,11,14H,10,12H2,1-2H3,(H,20,23). The maximum Gasteiger partial charge on any atom is 0.251 e. The molecule has 1 saturated heterocycles. The highest BCUT2D eigenvalue weighted by molar-refractivity contribution is 5.99. The number of benzene rings is 2. The van der Waals surface area contributed by atoms with E-state index in [9.17, 15) is 9.59 Å². The minimum atomic E-state index is -0.228. The zero-order chi connectivity index (χ0) is 17.8. The molecular weight excluding hydrogens is 320 g/mol. The Hall–Kier alpha value is -3.02. The molecule has 25 heavy (non-hydrogen) atoms. The van der Waals surface area contributed by atoms with E-state index in [0.717, 1.165) is 5.69 Å². The Labute approximate surface area is 146 Å². The molecule has 1 N–H and O–H groups in total. The van der Waals surface area contributed by atoms with Gasteiger partial charge in [-0.05, 0) is 24.3 Å². The third-order valence-electron chi connectivity index (χ3n) is 4.18. The van der Waals surface area contributed by atoms with Gasteiger partial charge in [-0.2, -0.15) is 0 Å². The molecule has 0 radical (unpaired) electrons. The van der Waals surface area contributed by atoms with Crippen molar-refractivity contribution in [3.8, 4) is 11.5 Å². The van der Waals surface area contributed by atoms with Crippen LogP contribution in [-0.4, -0.2) is 38.6 Å². The van der Waals surface area contributed by atoms with Gasteiger partial charge in [-0.1, -0.05) is 18.2 Å². The van der Waals surface area contributed by atoms with E-state index >= 15 is 0 Å². The van der Waals surface area contributed by atoms with Gasteiger partial charge in [0.25, 0.3) is 5.91 Å². The maximum absolute atomic E-state index is 12.4. The summed E-state index contributed by atoms with van der Waals surface area (Å²) in [6.07, 6.45) is 0.271. The molecular formula is C19H20N2O4. The molecule has 3 rings (SSSR count). The number of rotatable bonds is 5. The molecule has 6 nitrogen and oxygen atoms in total. The Morgan fingerprint density at radius 3 is 2.48 bits per heavy atom. The van der Waals surface area contributed by atoms with E-state index in [1.54, 1.807) is 49.5 Å². The molecule has 0 bridgehead atoms. The van der Waals surface area contributed by atoms with Crippen molar-refractivity contribution in [2.24, 2.45) is 0 Å². The average molecular weight is 340 g/mol. The molecule has 1 unspecified atom stereocenters. The lowest BCUT2D eigenvalue weighted by Gasteiger charge is -2.19. The largest absolute Gasteiger partial charge is 0.493 e. The van der Waals surface area contributed by atoms with E-state index in [2.05, 4.69) is 5.32 Å². The van der Waals surface area contributed by atoms with Crippen molar-refractivity contribution in [1.82, 2.24) is 5.32 Å². The second kappa shape index (κ2) is 7.25. The number of hydrogen-bond acceptors (Lipinski definition) is 4. The summed E-state index contributed by atoms with van der Waals surface area (Å²) in [5, 5.41) is 2.92. The first-order valence-corrected chi connectivity index (χ1v) is 8.00. The smallest absolute Gasteiger partial charge is 0.251 e. The van der Waals surface area contributed by atoms with Gasteiger partial charge in [-0.25, -0.2) is 0 Å². The SMILES string of the molecule is COc1ccc(N2CC(NC(=O)c3ccccc3)CC2=O)cc1OC. The summed E-state index contributed by atoms with van der Waals surface area (Å²) in [5.74, 6) is 0.953. The molecule has 0 aliphatic carbocycles. The van der Waals surface area contributed by atoms with Crippen molar-refractivity contribution in [3.05, 3.63) is 54.1 Å². The fourth-order valence-electron chi connectivity index (χ4n) is 2.90. The molecule has 130 valence electrons. The first-order chi connectivity index (χ1) is 12.1. The number of ether oxygens (including phenoxy) is 2. The molecule has 2 aromatic rings. The number of methoxy groups -OCH3 is 2. The molecule has 0 aromatic heterocycles. The number of hydrogen-bond donors (Lipinski definition) is 1. The van der Waals surface area contributed by atoms with Crippen LogP contribution >= 0.6 is 0 Å². The van der Waals surface area contributed by atoms with Gasteiger partial charge in [0.05, 0.1) is 20.3 Å². The number of nitrogens with one attached hydrogen (secondary N) is 1. The van der Waals surface area contributed by atoms with E-state index in [4.69, 9.17) is 9.47 Å². The van der Waals surface area contributed by atoms with Crippen molar-refractivity contribution in [2.75, 3.05) is 25.7 Å². The lowest BCUT2D eigenvalue weighted by molar-refractivity contribution is -0.117. The minimum absolute atomic E-state index is 0.0365. The highest BCUT2D eigenvalue weighted by Gasteiger charge is 2.32. The summed E-state index contributed by atoms with van der Waals surface area (Å²) >= 11 is 0. The first-order valence-electron chi connectivity index (χ1n) is 8.00. The summed E-state index contributed by atoms with van der Waals surface area (Å²) in [7, 11) is 3.12. The van der Waals surface area contributed by atoms with Crippen molar-refractivity contribution < 1.29 is 19.1 Å². The monoisotopic (exact) mass is 340 g/mol. The van der Waals surface area contributed by atoms with Crippen molar-refractivity contribution >= 4 is 17.5 Å². The Kier molecular flexibility index (Phi) is 4.88. The number of carbonyl (C=O) groups is 2. The number of nitrogens with zero attached hydrogens (tertiary/aromatic N) is 1. The van der Waals surface area contributed by atoms with Crippen LogP contribution in [-0.2, 0) is 4.79 Å². The summed E-state index contributed by atoms with van der Waals surface area (Å²) in [4.78, 5) is 26.3. The zero-order valence-corrected chi connectivity index (χ0v) is 14.2. The Bertz CT molecular complexity index is 776. The normalized spacial score (nSPS) is 16.6. The number of amides is 2. The second-order valence-electron chi connectivity index (χ2n) is 5.78. The van der Waals surface area contributed by atoms with Gasteiger partial charge in [0.2, 0.25) is 5.91 Å². The molecule has 0 spiro atoms. The summed E-state index contributed by atoms with van der Waals surface area (Å²) < 4.78 is 10.5. The number of anilines is 1. The van der Waals surface area contributed by atoms with E-state index < -0.39 is 0 Å². The van der Waals surface area contributed by atoms with Crippen LogP contribution in [0.25, 0.3) is 0 Å². The van der Waals surface area contributed by atoms with Gasteiger partial charge >= 0.3 is 0 Å². The summed E-state index contributed by atoms with van der Waals surface area (Å²) in [6.45, 7) is 0.424. The first kappa shape index (κ1) is 16.8. The second-order valence-corrected chi connectivity index (χ2v) is 5.78. The molecule has 2 amide bonds. The lowest BCUT2D eigenvalue weighted by atomic mass is 10.2. The van der Waals surface area contributed by atoms with Crippen LogP contribution in [0.4, 0.5) is 5.69 Å². The van der Waals surface area contributed by atoms with Crippen LogP contribution in [0, 0.1) is 0 Å². The number of carbonyl (C=O) groups excluding carboxylic acids is 2. The minimum Gasteiger partial charge on any atom is -0.493 e. The van der Waals surface area contributed by atoms with Gasteiger partial charge in [0.1, 0.15) is 0 Å². The molecule has 1 heterocycles. The Morgan fingerprint density at radius 2 is 1.80 bits per heavy atom. The predicted molar refractivity (Wildman–Crippen MR) is 94.2 cm³/mol. The van der Waals surface area contributed by atoms with Crippen LogP contribution in [0.1, 0.15) is 16.8 Å². The fourth-order valence-corrected chi connectivity index (χ4v) is 2.90. The summed E-state index contributed by atoms with van der Waals surface area (Å²) in [6, 6.07) is 14.1. The lowest BCUT2D eigenvalue weighted by Crippen LogP contribution is -2.37. The van der Waals surface area contributed by atoms with Gasteiger partial charge in [-0.3, -0.25) is 9.59 Å². The third-order valence-corrected chi connectivity index (χ3v) is 4.18. The Morgan fingerprint density at radius 1 is 1.08 bits per heavy atom. The van der Waals surface area contributed by atoms with Crippen molar-refractivity contribution in [1.29, 1.82) is 0 Å². The molecule has 1 fully saturated rings. The predicted octanol–water partition coefficient (Wildman–Crippen LogP) is 2.24. The topological polar surface area (TPSA) is 67.9 Å². The van der Waals surface area contributed by atoms with Gasteiger partial charge in [0.15, 0.2) is 11.5 Å². The fraction of sp³-hybridized carbons (Fsp3) is 0.263. The molecule has 6 heteroatoms. The van der Waals surface area contributed by atoms with Crippen molar-refractivity contribution in [2.45, 2.75) is 12.5 Å². The van der Waals surface area contributed by atoms with Gasteiger partial charge in [-0.15, -0.1) is 0 Å². The maximum atomic E-state index is 12.4. The highest BCUT2D eigenvalue weighted by atomic mass is 16.5. The van der Waals surface area contributed by atoms with Crippen LogP contribution in [0.3, 0.4) is 0 Å². The van der Waals surface area contributed by atoms with Gasteiger partial charge in [0, 0.05) is 30.3 Å². The van der Waals surface area contributed by atoms with Gasteiger partial charge < -0.3 is 19.7 Å². The molecule has 2 aromatic carbocycles. The molecule has 1 aliphatic heterocycles. The van der Waals surface area contributed by atoms with Crippen LogP contribution in [0.15, 0.2) is 48.5 Å². The quantitative estimate of drug-likeness (QED) is 0.906. The van der Waals surface area contributed by atoms with E-state index in [1.165, 1.54) is 0 Å². The zero-order valence-electron chi connectivity index (χ0n) is 14.2. The van der Waals surface area contributed by atoms with Crippen LogP contribution < -0.4 is 19.7 Å². The van der Waals surface area contributed by atoms with E-state index in [1.807, 2.05) is 18.2 Å². The summed E-state index contributed by atoms with van der Waals surface area (Å²) in [5.41, 5.74) is 1.30. The average Bonchev–Trinajstić information content (AvgIpc) is 3.01. The highest BCUT2D eigenvalue weighted by Crippen LogP contribution is 2.33. The third kappa shape index (κ3) is 3.57. The molecule has 0 saturated carbocycles. The van der Waals surface area contributed by atoms with Crippen LogP contribution in [0.2, 0.25) is 0 Å². The van der Waals surface area contributed by atoms with Crippen molar-refractivity contribution in [3.63, 3.8) is 0 Å². The molecule has 1 aliphatic rings. The van der Waals surface area contributed by atoms with Crippen LogP contribution in [0.5, 0.6) is 11.5 Å².